The number of ether oxygens (including phenoxy) is 1. The normalized spacial score (nSPS) is 17.0. The van der Waals surface area contributed by atoms with E-state index in [4.69, 9.17) is 4.74 Å². The van der Waals surface area contributed by atoms with E-state index in [1.807, 2.05) is 48.5 Å². The van der Waals surface area contributed by atoms with Crippen LogP contribution in [0.3, 0.4) is 0 Å². The lowest BCUT2D eigenvalue weighted by Gasteiger charge is -2.15. The second-order valence-corrected chi connectivity index (χ2v) is 4.95. The van der Waals surface area contributed by atoms with E-state index in [1.165, 1.54) is 7.11 Å². The Kier molecular flexibility index (Phi) is 3.15. The first kappa shape index (κ1) is 12.7. The van der Waals surface area contributed by atoms with E-state index >= 15 is 0 Å². The monoisotopic (exact) mass is 264 g/mol. The molecular formula is C18H16O2. The average molecular weight is 264 g/mol. The van der Waals surface area contributed by atoms with E-state index in [1.54, 1.807) is 0 Å². The van der Waals surface area contributed by atoms with Gasteiger partial charge in [0.1, 0.15) is 5.92 Å². The van der Waals surface area contributed by atoms with Crippen LogP contribution in [0.4, 0.5) is 0 Å². The van der Waals surface area contributed by atoms with Gasteiger partial charge < -0.3 is 4.74 Å². The molecule has 0 fully saturated rings. The predicted octanol–water partition coefficient (Wildman–Crippen LogP) is 3.89. The van der Waals surface area contributed by atoms with Crippen LogP contribution < -0.4 is 0 Å². The fourth-order valence-electron chi connectivity index (χ4n) is 2.97. The lowest BCUT2D eigenvalue weighted by Crippen LogP contribution is -2.14. The van der Waals surface area contributed by atoms with Crippen LogP contribution in [0.15, 0.2) is 54.6 Å². The summed E-state index contributed by atoms with van der Waals surface area (Å²) in [6.07, 6.45) is 0. The van der Waals surface area contributed by atoms with E-state index in [0.717, 1.165) is 27.8 Å². The molecule has 0 saturated carbocycles. The van der Waals surface area contributed by atoms with E-state index in [-0.39, 0.29) is 11.9 Å². The van der Waals surface area contributed by atoms with Crippen LogP contribution in [-0.4, -0.2) is 13.1 Å². The number of benzene rings is 2. The molecule has 0 saturated heterocycles. The molecule has 2 nitrogen and oxygen atoms in total. The molecule has 0 N–H and O–H groups in total. The fourth-order valence-corrected chi connectivity index (χ4v) is 2.97. The summed E-state index contributed by atoms with van der Waals surface area (Å²) in [5, 5.41) is 0. The van der Waals surface area contributed by atoms with Crippen LogP contribution in [0, 0.1) is 0 Å². The van der Waals surface area contributed by atoms with Crippen molar-refractivity contribution in [2.75, 3.05) is 7.11 Å². The van der Waals surface area contributed by atoms with Gasteiger partial charge in [-0.15, -0.1) is 0 Å². The average Bonchev–Trinajstić information content (AvgIpc) is 2.81. The molecule has 100 valence electrons. The molecule has 0 unspecified atom stereocenters. The van der Waals surface area contributed by atoms with Crippen molar-refractivity contribution in [2.45, 2.75) is 12.8 Å². The third kappa shape index (κ3) is 1.85. The van der Waals surface area contributed by atoms with Gasteiger partial charge in [0.15, 0.2) is 0 Å². The Hall–Kier alpha value is -2.35. The first-order valence-electron chi connectivity index (χ1n) is 6.67. The molecule has 0 heterocycles. The molecule has 20 heavy (non-hydrogen) atoms. The number of hydrogen-bond acceptors (Lipinski definition) is 2. The first-order valence-corrected chi connectivity index (χ1v) is 6.67. The van der Waals surface area contributed by atoms with Gasteiger partial charge in [0.2, 0.25) is 0 Å². The Morgan fingerprint density at radius 3 is 2.35 bits per heavy atom. The van der Waals surface area contributed by atoms with Crippen molar-refractivity contribution in [1.29, 1.82) is 0 Å². The highest BCUT2D eigenvalue weighted by Gasteiger charge is 2.35. The Bertz CT molecular complexity index is 684. The number of allylic oxidation sites excluding steroid dienone is 1. The zero-order chi connectivity index (χ0) is 14.1. The van der Waals surface area contributed by atoms with Crippen molar-refractivity contribution in [1.82, 2.24) is 0 Å². The summed E-state index contributed by atoms with van der Waals surface area (Å²) in [6, 6.07) is 18.1. The number of fused-ring (bicyclic) bond motifs is 1. The third-order valence-electron chi connectivity index (χ3n) is 3.89. The van der Waals surface area contributed by atoms with Crippen LogP contribution in [0.25, 0.3) is 11.1 Å². The molecular weight excluding hydrogens is 248 g/mol. The Labute approximate surface area is 118 Å². The minimum Gasteiger partial charge on any atom is -0.468 e. The number of hydrogen-bond donors (Lipinski definition) is 0. The third-order valence-corrected chi connectivity index (χ3v) is 3.89. The summed E-state index contributed by atoms with van der Waals surface area (Å²) in [5.74, 6) is -0.522. The van der Waals surface area contributed by atoms with Gasteiger partial charge in [-0.2, -0.15) is 0 Å². The highest BCUT2D eigenvalue weighted by molar-refractivity contribution is 6.08. The highest BCUT2D eigenvalue weighted by Crippen LogP contribution is 2.47. The maximum atomic E-state index is 12.2. The molecule has 0 aromatic heterocycles. The van der Waals surface area contributed by atoms with E-state index in [2.05, 4.69) is 13.0 Å². The topological polar surface area (TPSA) is 26.3 Å². The van der Waals surface area contributed by atoms with Gasteiger partial charge in [0.05, 0.1) is 7.11 Å². The van der Waals surface area contributed by atoms with Crippen molar-refractivity contribution in [3.05, 3.63) is 71.3 Å². The van der Waals surface area contributed by atoms with Gasteiger partial charge in [0.25, 0.3) is 0 Å². The largest absolute Gasteiger partial charge is 0.468 e. The molecule has 2 aromatic carbocycles. The van der Waals surface area contributed by atoms with Gasteiger partial charge >= 0.3 is 5.97 Å². The zero-order valence-electron chi connectivity index (χ0n) is 11.6. The standard InChI is InChI=1S/C18H16O2/c1-12-14-10-6-7-11-15(14)17(18(19)20-2)16(12)13-8-4-3-5-9-13/h3-11,17H,1-2H3/t17-/m0/s1. The van der Waals surface area contributed by atoms with Crippen molar-refractivity contribution in [3.8, 4) is 0 Å². The minimum atomic E-state index is -0.321. The van der Waals surface area contributed by atoms with Gasteiger partial charge in [-0.25, -0.2) is 0 Å². The number of esters is 1. The fraction of sp³-hybridized carbons (Fsp3) is 0.167. The van der Waals surface area contributed by atoms with Crippen LogP contribution in [0.2, 0.25) is 0 Å². The summed E-state index contributed by atoms with van der Waals surface area (Å²) < 4.78 is 5.02. The second-order valence-electron chi connectivity index (χ2n) is 4.95. The van der Waals surface area contributed by atoms with Gasteiger partial charge in [-0.3, -0.25) is 4.79 Å². The second kappa shape index (κ2) is 4.97. The molecule has 0 bridgehead atoms. The van der Waals surface area contributed by atoms with Crippen molar-refractivity contribution < 1.29 is 9.53 Å². The quantitative estimate of drug-likeness (QED) is 0.769. The summed E-state index contributed by atoms with van der Waals surface area (Å²) in [5.41, 5.74) is 5.47. The van der Waals surface area contributed by atoms with Gasteiger partial charge in [-0.05, 0) is 34.8 Å². The van der Waals surface area contributed by atoms with Crippen LogP contribution in [0.5, 0.6) is 0 Å². The summed E-state index contributed by atoms with van der Waals surface area (Å²) in [6.45, 7) is 2.07. The molecule has 0 spiro atoms. The molecule has 1 aliphatic carbocycles. The van der Waals surface area contributed by atoms with E-state index < -0.39 is 0 Å². The maximum Gasteiger partial charge on any atom is 0.317 e. The number of rotatable bonds is 2. The Morgan fingerprint density at radius 1 is 1.00 bits per heavy atom. The van der Waals surface area contributed by atoms with Crippen LogP contribution in [0.1, 0.15) is 29.5 Å². The first-order chi connectivity index (χ1) is 9.74. The molecule has 0 radical (unpaired) electrons. The number of carbonyl (C=O) groups is 1. The molecule has 2 heteroatoms. The minimum absolute atomic E-state index is 0.201. The van der Waals surface area contributed by atoms with E-state index in [9.17, 15) is 4.79 Å². The zero-order valence-corrected chi connectivity index (χ0v) is 11.6. The van der Waals surface area contributed by atoms with Gasteiger partial charge in [-0.1, -0.05) is 54.6 Å². The number of carbonyl (C=O) groups excluding carboxylic acids is 1. The molecule has 1 atom stereocenters. The SMILES string of the molecule is COC(=O)[C@@H]1C(c2ccccc2)=C(C)c2ccccc21. The molecule has 0 amide bonds. The molecule has 1 aliphatic rings. The van der Waals surface area contributed by atoms with Crippen molar-refractivity contribution in [2.24, 2.45) is 0 Å². The van der Waals surface area contributed by atoms with Crippen LogP contribution >= 0.6 is 0 Å². The summed E-state index contributed by atoms with van der Waals surface area (Å²) >= 11 is 0. The highest BCUT2D eigenvalue weighted by atomic mass is 16.5. The van der Waals surface area contributed by atoms with Crippen molar-refractivity contribution >= 4 is 17.1 Å². The lowest BCUT2D eigenvalue weighted by molar-refractivity contribution is -0.140. The van der Waals surface area contributed by atoms with Crippen LogP contribution in [-0.2, 0) is 9.53 Å². The smallest absolute Gasteiger partial charge is 0.317 e. The van der Waals surface area contributed by atoms with Crippen molar-refractivity contribution in [3.63, 3.8) is 0 Å². The Balaban J connectivity index is 2.22. The lowest BCUT2D eigenvalue weighted by atomic mass is 9.91. The molecule has 3 rings (SSSR count). The Morgan fingerprint density at radius 2 is 1.65 bits per heavy atom. The summed E-state index contributed by atoms with van der Waals surface area (Å²) in [7, 11) is 1.45. The predicted molar refractivity (Wildman–Crippen MR) is 80.1 cm³/mol. The number of methoxy groups -OCH3 is 1. The maximum absolute atomic E-state index is 12.2. The molecule has 0 aliphatic heterocycles. The van der Waals surface area contributed by atoms with Gasteiger partial charge in [0, 0.05) is 0 Å². The summed E-state index contributed by atoms with van der Waals surface area (Å²) in [4.78, 5) is 12.2. The van der Waals surface area contributed by atoms with E-state index in [0.29, 0.717) is 0 Å². The molecule has 2 aromatic rings.